The molecule has 26 heavy (non-hydrogen) atoms. The quantitative estimate of drug-likeness (QED) is 0.703. The summed E-state index contributed by atoms with van der Waals surface area (Å²) in [5, 5.41) is 2.63. The van der Waals surface area contributed by atoms with Gasteiger partial charge in [0.25, 0.3) is 0 Å². The van der Waals surface area contributed by atoms with Crippen LogP contribution in [-0.2, 0) is 11.3 Å². The first-order chi connectivity index (χ1) is 12.8. The maximum absolute atomic E-state index is 11.7. The van der Waals surface area contributed by atoms with E-state index in [2.05, 4.69) is 35.4 Å². The van der Waals surface area contributed by atoms with Gasteiger partial charge >= 0.3 is 6.09 Å². The minimum absolute atomic E-state index is 0.239. The SMILES string of the molecule is O=C(NCC#Cc1cccc(-c2ccccc2)c1)OCc1ccccc1. The topological polar surface area (TPSA) is 38.3 Å². The van der Waals surface area contributed by atoms with Crippen molar-refractivity contribution < 1.29 is 9.53 Å². The van der Waals surface area contributed by atoms with E-state index in [1.54, 1.807) is 0 Å². The second-order valence-corrected chi connectivity index (χ2v) is 5.66. The minimum atomic E-state index is -0.471. The third-order valence-electron chi connectivity index (χ3n) is 3.74. The lowest BCUT2D eigenvalue weighted by Crippen LogP contribution is -2.24. The van der Waals surface area contributed by atoms with Gasteiger partial charge in [0.1, 0.15) is 6.61 Å². The fraction of sp³-hybridized carbons (Fsp3) is 0.0870. The van der Waals surface area contributed by atoms with Crippen LogP contribution in [0.4, 0.5) is 4.79 Å². The number of carbonyl (C=O) groups is 1. The number of amides is 1. The number of hydrogen-bond acceptors (Lipinski definition) is 2. The second kappa shape index (κ2) is 9.10. The molecule has 0 aliphatic heterocycles. The molecule has 0 aliphatic carbocycles. The minimum Gasteiger partial charge on any atom is -0.445 e. The van der Waals surface area contributed by atoms with E-state index in [9.17, 15) is 4.79 Å². The highest BCUT2D eigenvalue weighted by Gasteiger charge is 2.00. The normalized spacial score (nSPS) is 9.69. The van der Waals surface area contributed by atoms with Gasteiger partial charge in [-0.05, 0) is 28.8 Å². The molecule has 3 heteroatoms. The number of rotatable bonds is 4. The molecule has 0 bridgehead atoms. The average Bonchev–Trinajstić information content (AvgIpc) is 2.71. The number of alkyl carbamates (subject to hydrolysis) is 1. The Morgan fingerprint density at radius 1 is 0.846 bits per heavy atom. The molecule has 3 rings (SSSR count). The smallest absolute Gasteiger partial charge is 0.408 e. The van der Waals surface area contributed by atoms with Crippen molar-refractivity contribution in [2.75, 3.05) is 6.54 Å². The third kappa shape index (κ3) is 5.25. The molecule has 0 unspecified atom stereocenters. The molecule has 0 saturated heterocycles. The van der Waals surface area contributed by atoms with Gasteiger partial charge < -0.3 is 10.1 Å². The van der Waals surface area contributed by atoms with Crippen molar-refractivity contribution in [1.29, 1.82) is 0 Å². The first kappa shape index (κ1) is 17.3. The first-order valence-corrected chi connectivity index (χ1v) is 8.40. The van der Waals surface area contributed by atoms with Crippen LogP contribution in [0.15, 0.2) is 84.9 Å². The van der Waals surface area contributed by atoms with E-state index < -0.39 is 6.09 Å². The summed E-state index contributed by atoms with van der Waals surface area (Å²) in [6, 6.07) is 27.7. The standard InChI is InChI=1S/C23H19NO2/c25-23(26-18-20-9-3-1-4-10-20)24-16-8-12-19-11-7-15-22(17-19)21-13-5-2-6-14-21/h1-7,9-11,13-15,17H,16,18H2,(H,24,25). The lowest BCUT2D eigenvalue weighted by Gasteiger charge is -2.04. The Balaban J connectivity index is 1.50. The van der Waals surface area contributed by atoms with Gasteiger partial charge in [-0.1, -0.05) is 84.6 Å². The van der Waals surface area contributed by atoms with Crippen LogP contribution in [0.1, 0.15) is 11.1 Å². The molecule has 3 nitrogen and oxygen atoms in total. The van der Waals surface area contributed by atoms with E-state index in [4.69, 9.17) is 4.74 Å². The van der Waals surface area contributed by atoms with E-state index in [0.717, 1.165) is 22.3 Å². The van der Waals surface area contributed by atoms with Gasteiger partial charge in [-0.3, -0.25) is 0 Å². The van der Waals surface area contributed by atoms with Gasteiger partial charge in [-0.15, -0.1) is 0 Å². The summed E-state index contributed by atoms with van der Waals surface area (Å²) in [6.45, 7) is 0.489. The molecule has 0 aromatic heterocycles. The second-order valence-electron chi connectivity index (χ2n) is 5.66. The zero-order valence-corrected chi connectivity index (χ0v) is 14.3. The highest BCUT2D eigenvalue weighted by molar-refractivity contribution is 5.68. The Morgan fingerprint density at radius 3 is 2.31 bits per heavy atom. The Morgan fingerprint density at radius 2 is 1.54 bits per heavy atom. The zero-order valence-electron chi connectivity index (χ0n) is 14.3. The van der Waals surface area contributed by atoms with E-state index in [-0.39, 0.29) is 13.2 Å². The number of carbonyl (C=O) groups excluding carboxylic acids is 1. The van der Waals surface area contributed by atoms with Crippen molar-refractivity contribution in [1.82, 2.24) is 5.32 Å². The molecule has 0 spiro atoms. The molecule has 0 fully saturated rings. The van der Waals surface area contributed by atoms with Crippen LogP contribution >= 0.6 is 0 Å². The van der Waals surface area contributed by atoms with Gasteiger partial charge in [0.15, 0.2) is 0 Å². The monoisotopic (exact) mass is 341 g/mol. The number of ether oxygens (including phenoxy) is 1. The fourth-order valence-corrected chi connectivity index (χ4v) is 2.44. The van der Waals surface area contributed by atoms with Crippen molar-refractivity contribution in [3.8, 4) is 23.0 Å². The number of hydrogen-bond donors (Lipinski definition) is 1. The molecule has 0 heterocycles. The van der Waals surface area contributed by atoms with Gasteiger partial charge in [0.05, 0.1) is 6.54 Å². The van der Waals surface area contributed by atoms with Crippen molar-refractivity contribution in [3.63, 3.8) is 0 Å². The number of nitrogens with one attached hydrogen (secondary N) is 1. The summed E-state index contributed by atoms with van der Waals surface area (Å²) in [5.74, 6) is 6.01. The van der Waals surface area contributed by atoms with Crippen LogP contribution in [0.25, 0.3) is 11.1 Å². The predicted octanol–water partition coefficient (Wildman–Crippen LogP) is 4.63. The highest BCUT2D eigenvalue weighted by Crippen LogP contribution is 2.19. The van der Waals surface area contributed by atoms with E-state index in [0.29, 0.717) is 0 Å². The summed E-state index contributed by atoms with van der Waals surface area (Å²) in [7, 11) is 0. The molecule has 128 valence electrons. The van der Waals surface area contributed by atoms with Crippen LogP contribution in [-0.4, -0.2) is 12.6 Å². The maximum Gasteiger partial charge on any atom is 0.408 e. The number of benzene rings is 3. The van der Waals surface area contributed by atoms with Gasteiger partial charge in [-0.2, -0.15) is 0 Å². The Kier molecular flexibility index (Phi) is 6.06. The van der Waals surface area contributed by atoms with Gasteiger partial charge in [-0.25, -0.2) is 4.79 Å². The van der Waals surface area contributed by atoms with E-state index in [1.807, 2.05) is 66.7 Å². The molecule has 1 N–H and O–H groups in total. The van der Waals surface area contributed by atoms with Crippen LogP contribution in [0, 0.1) is 11.8 Å². The average molecular weight is 341 g/mol. The summed E-state index contributed by atoms with van der Waals surface area (Å²) >= 11 is 0. The van der Waals surface area contributed by atoms with Gasteiger partial charge in [0, 0.05) is 5.56 Å². The van der Waals surface area contributed by atoms with Crippen LogP contribution < -0.4 is 5.32 Å². The van der Waals surface area contributed by atoms with E-state index in [1.165, 1.54) is 0 Å². The van der Waals surface area contributed by atoms with Crippen molar-refractivity contribution >= 4 is 6.09 Å². The molecule has 0 aliphatic rings. The summed E-state index contributed by atoms with van der Waals surface area (Å²) in [4.78, 5) is 11.7. The molecule has 1 amide bonds. The Labute approximate surface area is 153 Å². The predicted molar refractivity (Wildman–Crippen MR) is 103 cm³/mol. The highest BCUT2D eigenvalue weighted by atomic mass is 16.5. The third-order valence-corrected chi connectivity index (χ3v) is 3.74. The largest absolute Gasteiger partial charge is 0.445 e. The first-order valence-electron chi connectivity index (χ1n) is 8.40. The molecule has 3 aromatic carbocycles. The molecule has 0 radical (unpaired) electrons. The molecule has 0 atom stereocenters. The van der Waals surface area contributed by atoms with Crippen molar-refractivity contribution in [2.24, 2.45) is 0 Å². The summed E-state index contributed by atoms with van der Waals surface area (Å²) in [5.41, 5.74) is 4.13. The molecule has 0 saturated carbocycles. The summed E-state index contributed by atoms with van der Waals surface area (Å²) in [6.07, 6.45) is -0.471. The van der Waals surface area contributed by atoms with Crippen LogP contribution in [0.3, 0.4) is 0 Å². The van der Waals surface area contributed by atoms with E-state index >= 15 is 0 Å². The fourth-order valence-electron chi connectivity index (χ4n) is 2.44. The van der Waals surface area contributed by atoms with Gasteiger partial charge in [0.2, 0.25) is 0 Å². The lowest BCUT2D eigenvalue weighted by atomic mass is 10.0. The molecular formula is C23H19NO2. The van der Waals surface area contributed by atoms with Crippen LogP contribution in [0.5, 0.6) is 0 Å². The van der Waals surface area contributed by atoms with Crippen molar-refractivity contribution in [2.45, 2.75) is 6.61 Å². The Bertz CT molecular complexity index is 909. The zero-order chi connectivity index (χ0) is 18.0. The maximum atomic E-state index is 11.7. The summed E-state index contributed by atoms with van der Waals surface area (Å²) < 4.78 is 5.14. The lowest BCUT2D eigenvalue weighted by molar-refractivity contribution is 0.141. The van der Waals surface area contributed by atoms with Crippen molar-refractivity contribution in [3.05, 3.63) is 96.1 Å². The molecular weight excluding hydrogens is 322 g/mol. The Hall–Kier alpha value is -3.51. The van der Waals surface area contributed by atoms with Crippen LogP contribution in [0.2, 0.25) is 0 Å². The molecule has 3 aromatic rings.